The molecule has 1 fully saturated rings. The molecular weight excluding hydrogens is 368 g/mol. The van der Waals surface area contributed by atoms with E-state index in [-0.39, 0.29) is 0 Å². The van der Waals surface area contributed by atoms with Crippen molar-refractivity contribution in [3.05, 3.63) is 54.6 Å². The summed E-state index contributed by atoms with van der Waals surface area (Å²) in [6.45, 7) is 4.06. The quantitative estimate of drug-likeness (QED) is 0.731. The Morgan fingerprint density at radius 3 is 2.41 bits per heavy atom. The van der Waals surface area contributed by atoms with Gasteiger partial charge in [-0.15, -0.1) is 0 Å². The molecular formula is C22H22N4O3. The number of fused-ring (bicyclic) bond motifs is 1. The number of morpholine rings is 1. The fourth-order valence-electron chi connectivity index (χ4n) is 3.43. The van der Waals surface area contributed by atoms with Crippen molar-refractivity contribution in [1.82, 2.24) is 9.97 Å². The molecule has 7 heteroatoms. The molecule has 0 unspecified atom stereocenters. The second-order valence-corrected chi connectivity index (χ2v) is 6.89. The molecule has 0 amide bonds. The molecule has 1 saturated heterocycles. The summed E-state index contributed by atoms with van der Waals surface area (Å²) in [5.74, 6) is 2.95. The monoisotopic (exact) mass is 390 g/mol. The smallest absolute Gasteiger partial charge is 0.228 e. The first-order chi connectivity index (χ1) is 14.3. The first-order valence-electron chi connectivity index (χ1n) is 9.79. The van der Waals surface area contributed by atoms with E-state index >= 15 is 0 Å². The average molecular weight is 390 g/mol. The summed E-state index contributed by atoms with van der Waals surface area (Å²) in [5, 5.41) is 3.40. The van der Waals surface area contributed by atoms with Crippen LogP contribution in [0.3, 0.4) is 0 Å². The average Bonchev–Trinajstić information content (AvgIpc) is 2.80. The highest BCUT2D eigenvalue weighted by Gasteiger charge is 2.17. The number of nitrogens with zero attached hydrogens (tertiary/aromatic N) is 3. The number of nitrogens with one attached hydrogen (secondary N) is 1. The van der Waals surface area contributed by atoms with Crippen molar-refractivity contribution in [2.24, 2.45) is 0 Å². The van der Waals surface area contributed by atoms with Crippen molar-refractivity contribution in [1.29, 1.82) is 0 Å². The maximum absolute atomic E-state index is 5.69. The topological polar surface area (TPSA) is 68.7 Å². The Hall–Kier alpha value is -3.32. The fourth-order valence-corrected chi connectivity index (χ4v) is 3.43. The van der Waals surface area contributed by atoms with Gasteiger partial charge < -0.3 is 24.4 Å². The van der Waals surface area contributed by atoms with Crippen molar-refractivity contribution in [3.63, 3.8) is 0 Å². The number of benzene rings is 2. The van der Waals surface area contributed by atoms with Crippen LogP contribution in [0.15, 0.2) is 54.6 Å². The van der Waals surface area contributed by atoms with E-state index in [0.29, 0.717) is 32.4 Å². The van der Waals surface area contributed by atoms with Crippen LogP contribution in [0, 0.1) is 0 Å². The van der Waals surface area contributed by atoms with Crippen LogP contribution in [0.2, 0.25) is 0 Å². The van der Waals surface area contributed by atoms with Crippen molar-refractivity contribution in [3.8, 4) is 22.8 Å². The Balaban J connectivity index is 1.49. The van der Waals surface area contributed by atoms with Crippen LogP contribution >= 0.6 is 0 Å². The number of anilines is 3. The Bertz CT molecular complexity index is 991. The maximum atomic E-state index is 5.69. The summed E-state index contributed by atoms with van der Waals surface area (Å²) in [6.07, 6.45) is 0. The largest absolute Gasteiger partial charge is 0.486 e. The molecule has 1 N–H and O–H groups in total. The van der Waals surface area contributed by atoms with Crippen LogP contribution < -0.4 is 19.7 Å². The lowest BCUT2D eigenvalue weighted by Crippen LogP contribution is -2.37. The van der Waals surface area contributed by atoms with Gasteiger partial charge in [-0.1, -0.05) is 30.3 Å². The first kappa shape index (κ1) is 17.8. The maximum Gasteiger partial charge on any atom is 0.228 e. The van der Waals surface area contributed by atoms with Gasteiger partial charge in [0.15, 0.2) is 11.5 Å². The Kier molecular flexibility index (Phi) is 4.88. The lowest BCUT2D eigenvalue weighted by atomic mass is 10.1. The molecule has 0 saturated carbocycles. The highest BCUT2D eigenvalue weighted by molar-refractivity contribution is 5.68. The summed E-state index contributed by atoms with van der Waals surface area (Å²) in [7, 11) is 0. The molecule has 0 radical (unpaired) electrons. The normalized spacial score (nSPS) is 15.8. The predicted molar refractivity (Wildman–Crippen MR) is 111 cm³/mol. The van der Waals surface area contributed by atoms with Gasteiger partial charge in [-0.3, -0.25) is 0 Å². The van der Waals surface area contributed by atoms with Gasteiger partial charge >= 0.3 is 0 Å². The van der Waals surface area contributed by atoms with Gasteiger partial charge in [-0.05, 0) is 12.1 Å². The van der Waals surface area contributed by atoms with Crippen molar-refractivity contribution < 1.29 is 14.2 Å². The number of hydrogen-bond acceptors (Lipinski definition) is 7. The molecule has 0 bridgehead atoms. The third-order valence-corrected chi connectivity index (χ3v) is 4.89. The SMILES string of the molecule is c1ccc(-c2cc(Nc3ccc4c(c3)OCCO4)nc(N3CCOCC3)n2)cc1. The van der Waals surface area contributed by atoms with Crippen molar-refractivity contribution in [2.45, 2.75) is 0 Å². The first-order valence-corrected chi connectivity index (χ1v) is 9.79. The number of ether oxygens (including phenoxy) is 3. The fraction of sp³-hybridized carbons (Fsp3) is 0.273. The third kappa shape index (κ3) is 3.95. The third-order valence-electron chi connectivity index (χ3n) is 4.89. The van der Waals surface area contributed by atoms with Crippen LogP contribution in [0.5, 0.6) is 11.5 Å². The van der Waals surface area contributed by atoms with E-state index < -0.39 is 0 Å². The van der Waals surface area contributed by atoms with E-state index in [9.17, 15) is 0 Å². The molecule has 0 aliphatic carbocycles. The molecule has 0 atom stereocenters. The molecule has 7 nitrogen and oxygen atoms in total. The lowest BCUT2D eigenvalue weighted by molar-refractivity contribution is 0.122. The van der Waals surface area contributed by atoms with Gasteiger partial charge in [0.2, 0.25) is 5.95 Å². The van der Waals surface area contributed by atoms with Gasteiger partial charge in [0.25, 0.3) is 0 Å². The predicted octanol–water partition coefficient (Wildman–Crippen LogP) is 3.50. The van der Waals surface area contributed by atoms with Crippen LogP contribution in [0.4, 0.5) is 17.5 Å². The van der Waals surface area contributed by atoms with Gasteiger partial charge in [0.1, 0.15) is 19.0 Å². The van der Waals surface area contributed by atoms with E-state index in [2.05, 4.69) is 22.3 Å². The zero-order chi connectivity index (χ0) is 19.5. The van der Waals surface area contributed by atoms with Crippen LogP contribution in [-0.4, -0.2) is 49.5 Å². The number of hydrogen-bond donors (Lipinski definition) is 1. The zero-order valence-corrected chi connectivity index (χ0v) is 16.0. The molecule has 29 heavy (non-hydrogen) atoms. The zero-order valence-electron chi connectivity index (χ0n) is 16.0. The van der Waals surface area contributed by atoms with Gasteiger partial charge in [-0.2, -0.15) is 4.98 Å². The molecule has 148 valence electrons. The summed E-state index contributed by atoms with van der Waals surface area (Å²) in [4.78, 5) is 11.7. The van der Waals surface area contributed by atoms with E-state index in [0.717, 1.165) is 47.4 Å². The molecule has 5 rings (SSSR count). The molecule has 3 aromatic rings. The van der Waals surface area contributed by atoms with Crippen molar-refractivity contribution in [2.75, 3.05) is 49.7 Å². The molecule has 3 heterocycles. The van der Waals surface area contributed by atoms with E-state index in [1.165, 1.54) is 0 Å². The molecule has 1 aromatic heterocycles. The highest BCUT2D eigenvalue weighted by atomic mass is 16.6. The second-order valence-electron chi connectivity index (χ2n) is 6.89. The lowest BCUT2D eigenvalue weighted by Gasteiger charge is -2.27. The number of aromatic nitrogens is 2. The van der Waals surface area contributed by atoms with Crippen LogP contribution in [0.25, 0.3) is 11.3 Å². The van der Waals surface area contributed by atoms with Crippen LogP contribution in [0.1, 0.15) is 0 Å². The highest BCUT2D eigenvalue weighted by Crippen LogP contribution is 2.34. The number of rotatable bonds is 4. The van der Waals surface area contributed by atoms with Gasteiger partial charge in [-0.25, -0.2) is 4.98 Å². The standard InChI is InChI=1S/C22H22N4O3/c1-2-4-16(5-3-1)18-15-21(25-22(24-18)26-8-10-27-11-9-26)23-17-6-7-19-20(14-17)29-13-12-28-19/h1-7,14-15H,8-13H2,(H,23,24,25). The summed E-state index contributed by atoms with van der Waals surface area (Å²) in [5.41, 5.74) is 2.82. The molecule has 2 aliphatic heterocycles. The van der Waals surface area contributed by atoms with Crippen LogP contribution in [-0.2, 0) is 4.74 Å². The van der Waals surface area contributed by atoms with E-state index in [1.807, 2.05) is 42.5 Å². The molecule has 2 aliphatic rings. The minimum atomic E-state index is 0.559. The Morgan fingerprint density at radius 1 is 0.793 bits per heavy atom. The van der Waals surface area contributed by atoms with Gasteiger partial charge in [0, 0.05) is 36.5 Å². The molecule has 0 spiro atoms. The minimum absolute atomic E-state index is 0.559. The Morgan fingerprint density at radius 2 is 1.59 bits per heavy atom. The Labute approximate surface area is 169 Å². The minimum Gasteiger partial charge on any atom is -0.486 e. The summed E-state index contributed by atoms with van der Waals surface area (Å²) >= 11 is 0. The summed E-state index contributed by atoms with van der Waals surface area (Å²) in [6, 6.07) is 17.9. The van der Waals surface area contributed by atoms with Gasteiger partial charge in [0.05, 0.1) is 18.9 Å². The van der Waals surface area contributed by atoms with E-state index in [1.54, 1.807) is 0 Å². The van der Waals surface area contributed by atoms with Crippen molar-refractivity contribution >= 4 is 17.5 Å². The second kappa shape index (κ2) is 7.97. The van der Waals surface area contributed by atoms with E-state index in [4.69, 9.17) is 24.2 Å². The summed E-state index contributed by atoms with van der Waals surface area (Å²) < 4.78 is 16.8. The molecule has 2 aromatic carbocycles.